The lowest BCUT2D eigenvalue weighted by Crippen LogP contribution is -2.28. The van der Waals surface area contributed by atoms with E-state index in [2.05, 4.69) is 30.1 Å². The largest absolute Gasteiger partial charge is 0.326 e. The summed E-state index contributed by atoms with van der Waals surface area (Å²) in [4.78, 5) is 30.4. The van der Waals surface area contributed by atoms with Gasteiger partial charge in [-0.25, -0.2) is 0 Å². The van der Waals surface area contributed by atoms with E-state index in [4.69, 9.17) is 0 Å². The van der Waals surface area contributed by atoms with Crippen molar-refractivity contribution < 1.29 is 9.59 Å². The minimum atomic E-state index is -0.339. The van der Waals surface area contributed by atoms with E-state index in [1.807, 2.05) is 48.7 Å². The molecular formula is C23H29N3O2S. The average molecular weight is 412 g/mol. The molecular weight excluding hydrogens is 382 g/mol. The summed E-state index contributed by atoms with van der Waals surface area (Å²) in [6, 6.07) is 15.9. The zero-order chi connectivity index (χ0) is 20.8. The number of nitrogens with one attached hydrogen (secondary N) is 1. The second-order valence-corrected chi connectivity index (χ2v) is 8.13. The number of amides is 2. The molecule has 1 N–H and O–H groups in total. The van der Waals surface area contributed by atoms with Gasteiger partial charge in [-0.15, -0.1) is 11.8 Å². The van der Waals surface area contributed by atoms with Crippen molar-refractivity contribution in [2.24, 2.45) is 5.92 Å². The Kier molecular flexibility index (Phi) is 7.34. The molecule has 0 saturated carbocycles. The summed E-state index contributed by atoms with van der Waals surface area (Å²) >= 11 is 1.66. The second kappa shape index (κ2) is 9.94. The van der Waals surface area contributed by atoms with E-state index < -0.39 is 0 Å². The second-order valence-electron chi connectivity index (χ2n) is 7.25. The van der Waals surface area contributed by atoms with Gasteiger partial charge in [0.25, 0.3) is 0 Å². The summed E-state index contributed by atoms with van der Waals surface area (Å²) in [5.74, 6) is -0.437. The Labute approximate surface area is 177 Å². The van der Waals surface area contributed by atoms with E-state index in [9.17, 15) is 9.59 Å². The molecule has 154 valence electrons. The summed E-state index contributed by atoms with van der Waals surface area (Å²) in [5.41, 5.74) is 2.81. The molecule has 0 aromatic heterocycles. The molecule has 1 aliphatic heterocycles. The first-order chi connectivity index (χ1) is 14.0. The summed E-state index contributed by atoms with van der Waals surface area (Å²) < 4.78 is 0. The third kappa shape index (κ3) is 5.40. The molecule has 2 aromatic rings. The normalized spacial score (nSPS) is 16.5. The third-order valence-electron chi connectivity index (χ3n) is 5.38. The molecule has 5 nitrogen and oxygen atoms in total. The summed E-state index contributed by atoms with van der Waals surface area (Å²) in [6.07, 6.45) is 2.27. The van der Waals surface area contributed by atoms with Crippen LogP contribution < -0.4 is 10.2 Å². The van der Waals surface area contributed by atoms with E-state index >= 15 is 0 Å². The number of hydrogen-bond acceptors (Lipinski definition) is 4. The van der Waals surface area contributed by atoms with Gasteiger partial charge in [-0.05, 0) is 61.3 Å². The highest BCUT2D eigenvalue weighted by Gasteiger charge is 2.35. The summed E-state index contributed by atoms with van der Waals surface area (Å²) in [5, 5.41) is 3.00. The summed E-state index contributed by atoms with van der Waals surface area (Å²) in [7, 11) is 0. The van der Waals surface area contributed by atoms with Crippen molar-refractivity contribution in [2.75, 3.05) is 36.1 Å². The zero-order valence-electron chi connectivity index (χ0n) is 17.4. The van der Waals surface area contributed by atoms with Gasteiger partial charge in [0.05, 0.1) is 5.92 Å². The predicted octanol–water partition coefficient (Wildman–Crippen LogP) is 4.24. The number of carbonyl (C=O) groups excluding carboxylic acids is 2. The smallest absolute Gasteiger partial charge is 0.229 e. The van der Waals surface area contributed by atoms with Crippen LogP contribution in [-0.2, 0) is 16.1 Å². The molecule has 2 aromatic carbocycles. The third-order valence-corrected chi connectivity index (χ3v) is 6.12. The Balaban J connectivity index is 1.63. The first kappa shape index (κ1) is 21.4. The molecule has 0 bridgehead atoms. The molecule has 29 heavy (non-hydrogen) atoms. The molecule has 0 radical (unpaired) electrons. The zero-order valence-corrected chi connectivity index (χ0v) is 18.2. The van der Waals surface area contributed by atoms with Crippen LogP contribution in [0.2, 0.25) is 0 Å². The van der Waals surface area contributed by atoms with Gasteiger partial charge < -0.3 is 10.2 Å². The molecule has 1 heterocycles. The summed E-state index contributed by atoms with van der Waals surface area (Å²) in [6.45, 7) is 7.55. The highest BCUT2D eigenvalue weighted by atomic mass is 32.2. The van der Waals surface area contributed by atoms with Gasteiger partial charge in [0.2, 0.25) is 11.8 Å². The lowest BCUT2D eigenvalue weighted by atomic mass is 10.1. The van der Waals surface area contributed by atoms with Gasteiger partial charge in [0.1, 0.15) is 0 Å². The fourth-order valence-corrected chi connectivity index (χ4v) is 4.00. The van der Waals surface area contributed by atoms with Gasteiger partial charge in [-0.1, -0.05) is 26.0 Å². The van der Waals surface area contributed by atoms with Crippen LogP contribution in [-0.4, -0.2) is 42.6 Å². The molecule has 2 amide bonds. The van der Waals surface area contributed by atoms with Crippen LogP contribution in [0.1, 0.15) is 25.8 Å². The van der Waals surface area contributed by atoms with Crippen LogP contribution >= 0.6 is 11.8 Å². The number of carbonyl (C=O) groups is 2. The quantitative estimate of drug-likeness (QED) is 0.660. The van der Waals surface area contributed by atoms with Crippen LogP contribution in [0.3, 0.4) is 0 Å². The number of anilines is 2. The molecule has 1 saturated heterocycles. The Morgan fingerprint density at radius 2 is 1.90 bits per heavy atom. The van der Waals surface area contributed by atoms with Crippen LogP contribution in [0.15, 0.2) is 53.4 Å². The highest BCUT2D eigenvalue weighted by molar-refractivity contribution is 7.98. The van der Waals surface area contributed by atoms with Crippen LogP contribution in [0, 0.1) is 5.92 Å². The van der Waals surface area contributed by atoms with E-state index in [1.54, 1.807) is 16.7 Å². The van der Waals surface area contributed by atoms with Crippen molar-refractivity contribution in [2.45, 2.75) is 31.7 Å². The van der Waals surface area contributed by atoms with Crippen LogP contribution in [0.25, 0.3) is 0 Å². The fraction of sp³-hybridized carbons (Fsp3) is 0.391. The van der Waals surface area contributed by atoms with Crippen molar-refractivity contribution >= 4 is 35.0 Å². The molecule has 1 atom stereocenters. The number of hydrogen-bond donors (Lipinski definition) is 1. The Bertz CT molecular complexity index is 849. The minimum Gasteiger partial charge on any atom is -0.326 e. The molecule has 3 rings (SSSR count). The Hall–Kier alpha value is -2.31. The van der Waals surface area contributed by atoms with Crippen molar-refractivity contribution in [3.63, 3.8) is 0 Å². The lowest BCUT2D eigenvalue weighted by Gasteiger charge is -2.19. The Morgan fingerprint density at radius 1 is 1.17 bits per heavy atom. The molecule has 0 aliphatic carbocycles. The molecule has 1 aliphatic rings. The molecule has 6 heteroatoms. The molecule has 0 spiro atoms. The van der Waals surface area contributed by atoms with Crippen LogP contribution in [0.5, 0.6) is 0 Å². The van der Waals surface area contributed by atoms with Gasteiger partial charge in [0.15, 0.2) is 0 Å². The maximum absolute atomic E-state index is 12.8. The van der Waals surface area contributed by atoms with Crippen molar-refractivity contribution in [3.05, 3.63) is 54.1 Å². The number of rotatable bonds is 8. The van der Waals surface area contributed by atoms with Gasteiger partial charge in [-0.2, -0.15) is 0 Å². The predicted molar refractivity (Wildman–Crippen MR) is 120 cm³/mol. The maximum Gasteiger partial charge on any atom is 0.229 e. The lowest BCUT2D eigenvalue weighted by molar-refractivity contribution is -0.122. The van der Waals surface area contributed by atoms with Crippen molar-refractivity contribution in [1.82, 2.24) is 4.90 Å². The Morgan fingerprint density at radius 3 is 2.55 bits per heavy atom. The maximum atomic E-state index is 12.8. The average Bonchev–Trinajstić information content (AvgIpc) is 3.14. The van der Waals surface area contributed by atoms with Gasteiger partial charge >= 0.3 is 0 Å². The minimum absolute atomic E-state index is 0.00247. The van der Waals surface area contributed by atoms with E-state index in [0.29, 0.717) is 6.54 Å². The number of nitrogens with zero attached hydrogens (tertiary/aromatic N) is 2. The number of thioether (sulfide) groups is 1. The molecule has 1 fully saturated rings. The first-order valence-corrected chi connectivity index (χ1v) is 11.3. The topological polar surface area (TPSA) is 52.7 Å². The van der Waals surface area contributed by atoms with E-state index in [1.165, 1.54) is 5.56 Å². The fourth-order valence-electron chi connectivity index (χ4n) is 3.59. The standard InChI is InChI=1S/C23H29N3O2S/c1-4-25(5-2)15-17-7-6-8-19(13-17)24-23(28)18-14-22(27)26(16-18)20-9-11-21(29-3)12-10-20/h6-13,18H,4-5,14-16H2,1-3H3,(H,24,28). The van der Waals surface area contributed by atoms with Crippen molar-refractivity contribution in [3.8, 4) is 0 Å². The van der Waals surface area contributed by atoms with E-state index in [0.717, 1.165) is 35.9 Å². The van der Waals surface area contributed by atoms with Gasteiger partial charge in [0, 0.05) is 35.8 Å². The number of benzene rings is 2. The SMILES string of the molecule is CCN(CC)Cc1cccc(NC(=O)C2CC(=O)N(c3ccc(SC)cc3)C2)c1. The first-order valence-electron chi connectivity index (χ1n) is 10.1. The van der Waals surface area contributed by atoms with Gasteiger partial charge in [-0.3, -0.25) is 14.5 Å². The highest BCUT2D eigenvalue weighted by Crippen LogP contribution is 2.28. The van der Waals surface area contributed by atoms with Crippen LogP contribution in [0.4, 0.5) is 11.4 Å². The monoisotopic (exact) mass is 411 g/mol. The van der Waals surface area contributed by atoms with E-state index in [-0.39, 0.29) is 24.2 Å². The van der Waals surface area contributed by atoms with Crippen molar-refractivity contribution in [1.29, 1.82) is 0 Å². The molecule has 1 unspecified atom stereocenters.